The molecule has 2 aliphatic rings. The van der Waals surface area contributed by atoms with E-state index in [-0.39, 0.29) is 12.4 Å². The summed E-state index contributed by atoms with van der Waals surface area (Å²) >= 11 is 0. The van der Waals surface area contributed by atoms with Crippen molar-refractivity contribution in [3.63, 3.8) is 0 Å². The lowest BCUT2D eigenvalue weighted by Gasteiger charge is -2.30. The Kier molecular flexibility index (Phi) is 5.78. The van der Waals surface area contributed by atoms with Crippen LogP contribution in [0.25, 0.3) is 0 Å². The number of nitrogens with one attached hydrogen (secondary N) is 1. The molecule has 84 valence electrons. The van der Waals surface area contributed by atoms with E-state index in [2.05, 4.69) is 5.32 Å². The molecular formula is C10H20ClNO2. The predicted molar refractivity (Wildman–Crippen MR) is 58.1 cm³/mol. The first-order valence-electron chi connectivity index (χ1n) is 5.39. The van der Waals surface area contributed by atoms with Crippen LogP contribution in [0, 0.1) is 0 Å². The first-order valence-corrected chi connectivity index (χ1v) is 5.39. The molecule has 2 rings (SSSR count). The van der Waals surface area contributed by atoms with Gasteiger partial charge in [0.2, 0.25) is 0 Å². The SMILES string of the molecule is C1CNCC(OC2CCOCC2)C1.Cl. The molecular weight excluding hydrogens is 202 g/mol. The van der Waals surface area contributed by atoms with Crippen molar-refractivity contribution in [3.8, 4) is 0 Å². The molecule has 0 amide bonds. The van der Waals surface area contributed by atoms with E-state index < -0.39 is 0 Å². The Labute approximate surface area is 91.9 Å². The van der Waals surface area contributed by atoms with Crippen LogP contribution in [-0.2, 0) is 9.47 Å². The normalized spacial score (nSPS) is 29.6. The average Bonchev–Trinajstić information content (AvgIpc) is 2.21. The Balaban J connectivity index is 0.000000980. The van der Waals surface area contributed by atoms with Crippen molar-refractivity contribution in [3.05, 3.63) is 0 Å². The van der Waals surface area contributed by atoms with Gasteiger partial charge in [0.25, 0.3) is 0 Å². The summed E-state index contributed by atoms with van der Waals surface area (Å²) < 4.78 is 11.3. The van der Waals surface area contributed by atoms with Gasteiger partial charge >= 0.3 is 0 Å². The maximum atomic E-state index is 5.99. The highest BCUT2D eigenvalue weighted by Crippen LogP contribution is 2.16. The van der Waals surface area contributed by atoms with E-state index in [1.54, 1.807) is 0 Å². The molecule has 14 heavy (non-hydrogen) atoms. The molecule has 0 bridgehead atoms. The van der Waals surface area contributed by atoms with Crippen LogP contribution in [0.1, 0.15) is 25.7 Å². The summed E-state index contributed by atoms with van der Waals surface area (Å²) in [6.07, 6.45) is 5.56. The minimum atomic E-state index is 0. The fourth-order valence-corrected chi connectivity index (χ4v) is 2.02. The van der Waals surface area contributed by atoms with Gasteiger partial charge in [-0.3, -0.25) is 0 Å². The average molecular weight is 222 g/mol. The van der Waals surface area contributed by atoms with Crippen LogP contribution in [0.15, 0.2) is 0 Å². The molecule has 0 aromatic carbocycles. The third-order valence-corrected chi connectivity index (χ3v) is 2.80. The second-order valence-corrected chi connectivity index (χ2v) is 3.92. The standard InChI is InChI=1S/C10H19NO2.ClH/c1-2-10(8-11-5-1)13-9-3-6-12-7-4-9;/h9-11H,1-8H2;1H. The molecule has 3 nitrogen and oxygen atoms in total. The first kappa shape index (κ1) is 12.2. The van der Waals surface area contributed by atoms with Crippen LogP contribution in [0.5, 0.6) is 0 Å². The molecule has 0 aliphatic carbocycles. The molecule has 1 unspecified atom stereocenters. The number of piperidine rings is 1. The molecule has 0 spiro atoms. The number of hydrogen-bond donors (Lipinski definition) is 1. The zero-order chi connectivity index (χ0) is 8.93. The van der Waals surface area contributed by atoms with E-state index >= 15 is 0 Å². The number of halogens is 1. The molecule has 4 heteroatoms. The van der Waals surface area contributed by atoms with Gasteiger partial charge in [-0.1, -0.05) is 0 Å². The minimum Gasteiger partial charge on any atom is -0.381 e. The molecule has 2 aliphatic heterocycles. The van der Waals surface area contributed by atoms with Crippen molar-refractivity contribution in [1.29, 1.82) is 0 Å². The second kappa shape index (κ2) is 6.62. The Bertz CT molecular complexity index is 129. The summed E-state index contributed by atoms with van der Waals surface area (Å²) in [5, 5.41) is 3.37. The van der Waals surface area contributed by atoms with Crippen molar-refractivity contribution < 1.29 is 9.47 Å². The first-order chi connectivity index (χ1) is 6.45. The van der Waals surface area contributed by atoms with Gasteiger partial charge in [0.1, 0.15) is 0 Å². The smallest absolute Gasteiger partial charge is 0.0703 e. The van der Waals surface area contributed by atoms with E-state index in [4.69, 9.17) is 9.47 Å². The molecule has 1 atom stereocenters. The summed E-state index contributed by atoms with van der Waals surface area (Å²) in [6.45, 7) is 3.96. The molecule has 0 aromatic heterocycles. The van der Waals surface area contributed by atoms with Crippen molar-refractivity contribution in [1.82, 2.24) is 5.32 Å². The molecule has 2 fully saturated rings. The molecule has 0 aromatic rings. The third-order valence-electron chi connectivity index (χ3n) is 2.80. The Morgan fingerprint density at radius 1 is 1.07 bits per heavy atom. The van der Waals surface area contributed by atoms with Gasteiger partial charge in [-0.05, 0) is 32.2 Å². The number of hydrogen-bond acceptors (Lipinski definition) is 3. The number of rotatable bonds is 2. The summed E-state index contributed by atoms with van der Waals surface area (Å²) in [7, 11) is 0. The van der Waals surface area contributed by atoms with Crippen LogP contribution >= 0.6 is 12.4 Å². The zero-order valence-electron chi connectivity index (χ0n) is 8.54. The van der Waals surface area contributed by atoms with Crippen LogP contribution in [0.3, 0.4) is 0 Å². The second-order valence-electron chi connectivity index (χ2n) is 3.92. The van der Waals surface area contributed by atoms with Crippen LogP contribution < -0.4 is 5.32 Å². The molecule has 2 saturated heterocycles. The van der Waals surface area contributed by atoms with Gasteiger partial charge < -0.3 is 14.8 Å². The maximum Gasteiger partial charge on any atom is 0.0703 e. The lowest BCUT2D eigenvalue weighted by molar-refractivity contribution is -0.0736. The topological polar surface area (TPSA) is 30.5 Å². The van der Waals surface area contributed by atoms with E-state index in [0.717, 1.165) is 39.1 Å². The van der Waals surface area contributed by atoms with Crippen molar-refractivity contribution >= 4 is 12.4 Å². The van der Waals surface area contributed by atoms with Crippen LogP contribution in [0.4, 0.5) is 0 Å². The third kappa shape index (κ3) is 3.73. The lowest BCUT2D eigenvalue weighted by Crippen LogP contribution is -2.39. The largest absolute Gasteiger partial charge is 0.381 e. The highest BCUT2D eigenvalue weighted by Gasteiger charge is 2.20. The molecule has 0 radical (unpaired) electrons. The predicted octanol–water partition coefficient (Wildman–Crippen LogP) is 1.36. The Morgan fingerprint density at radius 3 is 2.50 bits per heavy atom. The fourth-order valence-electron chi connectivity index (χ4n) is 2.02. The summed E-state index contributed by atoms with van der Waals surface area (Å²) in [5.41, 5.74) is 0. The zero-order valence-corrected chi connectivity index (χ0v) is 9.35. The quantitative estimate of drug-likeness (QED) is 0.764. The van der Waals surface area contributed by atoms with Crippen LogP contribution in [0.2, 0.25) is 0 Å². The van der Waals surface area contributed by atoms with Crippen LogP contribution in [-0.4, -0.2) is 38.5 Å². The van der Waals surface area contributed by atoms with E-state index in [9.17, 15) is 0 Å². The molecule has 0 saturated carbocycles. The number of ether oxygens (including phenoxy) is 2. The maximum absolute atomic E-state index is 5.99. The van der Waals surface area contributed by atoms with E-state index in [0.29, 0.717) is 12.2 Å². The Morgan fingerprint density at radius 2 is 1.86 bits per heavy atom. The van der Waals surface area contributed by atoms with Gasteiger partial charge in [0.05, 0.1) is 12.2 Å². The van der Waals surface area contributed by atoms with Gasteiger partial charge in [-0.15, -0.1) is 12.4 Å². The Hall–Kier alpha value is 0.170. The highest BCUT2D eigenvalue weighted by atomic mass is 35.5. The monoisotopic (exact) mass is 221 g/mol. The van der Waals surface area contributed by atoms with Gasteiger partial charge in [0, 0.05) is 19.8 Å². The summed E-state index contributed by atoms with van der Waals surface area (Å²) in [6, 6.07) is 0. The van der Waals surface area contributed by atoms with Crippen molar-refractivity contribution in [2.24, 2.45) is 0 Å². The van der Waals surface area contributed by atoms with E-state index in [1.165, 1.54) is 12.8 Å². The van der Waals surface area contributed by atoms with E-state index in [1.807, 2.05) is 0 Å². The lowest BCUT2D eigenvalue weighted by atomic mass is 10.1. The molecule has 1 N–H and O–H groups in total. The highest BCUT2D eigenvalue weighted by molar-refractivity contribution is 5.85. The summed E-state index contributed by atoms with van der Waals surface area (Å²) in [5.74, 6) is 0. The minimum absolute atomic E-state index is 0. The van der Waals surface area contributed by atoms with Gasteiger partial charge in [-0.25, -0.2) is 0 Å². The summed E-state index contributed by atoms with van der Waals surface area (Å²) in [4.78, 5) is 0. The van der Waals surface area contributed by atoms with Gasteiger partial charge in [-0.2, -0.15) is 0 Å². The van der Waals surface area contributed by atoms with Crippen molar-refractivity contribution in [2.75, 3.05) is 26.3 Å². The fraction of sp³-hybridized carbons (Fsp3) is 1.00. The van der Waals surface area contributed by atoms with Gasteiger partial charge in [0.15, 0.2) is 0 Å². The van der Waals surface area contributed by atoms with Crippen molar-refractivity contribution in [2.45, 2.75) is 37.9 Å². The molecule has 2 heterocycles.